The fourth-order valence-electron chi connectivity index (χ4n) is 3.23. The Balaban J connectivity index is 2.68. The summed E-state index contributed by atoms with van der Waals surface area (Å²) in [4.78, 5) is 4.10. The number of hydrogen-bond donors (Lipinski definition) is 2. The molecule has 4 heteroatoms. The summed E-state index contributed by atoms with van der Waals surface area (Å²) >= 11 is 0. The van der Waals surface area contributed by atoms with Gasteiger partial charge in [-0.3, -0.25) is 0 Å². The van der Waals surface area contributed by atoms with Gasteiger partial charge in [0.1, 0.15) is 5.60 Å². The molecule has 0 spiro atoms. The van der Waals surface area contributed by atoms with E-state index in [0.29, 0.717) is 0 Å². The first kappa shape index (κ1) is 22.3. The van der Waals surface area contributed by atoms with Crippen LogP contribution < -0.4 is 15.1 Å². The monoisotopic (exact) mass is 391 g/mol. The van der Waals surface area contributed by atoms with Gasteiger partial charge in [0.05, 0.1) is 0 Å². The normalized spacial score (nSPS) is 12.6. The maximum Gasteiger partial charge on any atom is 0.140 e. The second-order valence-electron chi connectivity index (χ2n) is 7.36. The van der Waals surface area contributed by atoms with E-state index in [-0.39, 0.29) is 0 Å². The van der Waals surface area contributed by atoms with Gasteiger partial charge in [-0.2, -0.15) is 0 Å². The summed E-state index contributed by atoms with van der Waals surface area (Å²) in [7, 11) is 9.89. The highest BCUT2D eigenvalue weighted by atomic mass is 16.3. The average molecular weight is 392 g/mol. The molecule has 0 fully saturated rings. The van der Waals surface area contributed by atoms with Crippen molar-refractivity contribution in [2.75, 3.05) is 45.0 Å². The van der Waals surface area contributed by atoms with Gasteiger partial charge in [-0.15, -0.1) is 0 Å². The number of anilines is 2. The molecular formula is C25H33N3O. The van der Waals surface area contributed by atoms with E-state index >= 15 is 0 Å². The van der Waals surface area contributed by atoms with Crippen LogP contribution in [0, 0.1) is 0 Å². The Hall–Kier alpha value is -2.98. The van der Waals surface area contributed by atoms with Gasteiger partial charge in [0.2, 0.25) is 0 Å². The Morgan fingerprint density at radius 3 is 1.66 bits per heavy atom. The van der Waals surface area contributed by atoms with E-state index in [4.69, 9.17) is 0 Å². The van der Waals surface area contributed by atoms with Crippen LogP contribution in [0.15, 0.2) is 84.6 Å². The molecule has 0 aromatic heterocycles. The van der Waals surface area contributed by atoms with Gasteiger partial charge in [0, 0.05) is 46.6 Å². The minimum Gasteiger partial charge on any atom is -0.394 e. The van der Waals surface area contributed by atoms with Gasteiger partial charge in [-0.1, -0.05) is 42.5 Å². The molecule has 2 N–H and O–H groups in total. The molecule has 0 aliphatic carbocycles. The van der Waals surface area contributed by atoms with Crippen molar-refractivity contribution in [2.45, 2.75) is 12.5 Å². The Morgan fingerprint density at radius 2 is 1.31 bits per heavy atom. The highest BCUT2D eigenvalue weighted by Crippen LogP contribution is 2.38. The van der Waals surface area contributed by atoms with Gasteiger partial charge < -0.3 is 20.2 Å². The van der Waals surface area contributed by atoms with Gasteiger partial charge in [-0.25, -0.2) is 0 Å². The van der Waals surface area contributed by atoms with E-state index in [1.54, 1.807) is 0 Å². The zero-order chi connectivity index (χ0) is 21.4. The van der Waals surface area contributed by atoms with Crippen molar-refractivity contribution in [3.05, 3.63) is 95.7 Å². The van der Waals surface area contributed by atoms with Crippen molar-refractivity contribution in [1.82, 2.24) is 5.32 Å². The second kappa shape index (κ2) is 9.99. The van der Waals surface area contributed by atoms with Crippen molar-refractivity contribution in [3.63, 3.8) is 0 Å². The fourth-order valence-corrected chi connectivity index (χ4v) is 3.23. The summed E-state index contributed by atoms with van der Waals surface area (Å²) in [6.07, 6.45) is 9.60. The summed E-state index contributed by atoms with van der Waals surface area (Å²) in [6, 6.07) is 16.1. The van der Waals surface area contributed by atoms with E-state index in [0.717, 1.165) is 28.1 Å². The van der Waals surface area contributed by atoms with Crippen molar-refractivity contribution in [3.8, 4) is 0 Å². The second-order valence-corrected chi connectivity index (χ2v) is 7.36. The lowest BCUT2D eigenvalue weighted by Crippen LogP contribution is -2.29. The van der Waals surface area contributed by atoms with Crippen LogP contribution in [-0.2, 0) is 5.60 Å². The minimum absolute atomic E-state index is 0.793. The Labute approximate surface area is 175 Å². The van der Waals surface area contributed by atoms with Crippen LogP contribution >= 0.6 is 0 Å². The lowest BCUT2D eigenvalue weighted by Gasteiger charge is -2.32. The molecule has 0 amide bonds. The van der Waals surface area contributed by atoms with Gasteiger partial charge in [0.15, 0.2) is 0 Å². The van der Waals surface area contributed by atoms with Crippen LogP contribution in [0.25, 0.3) is 0 Å². The van der Waals surface area contributed by atoms with Crippen LogP contribution in [0.4, 0.5) is 11.4 Å². The molecule has 154 valence electrons. The number of nitrogens with zero attached hydrogens (tertiary/aromatic N) is 2. The summed E-state index contributed by atoms with van der Waals surface area (Å²) in [5.74, 6) is 0. The third kappa shape index (κ3) is 5.09. The first-order valence-corrected chi connectivity index (χ1v) is 9.80. The van der Waals surface area contributed by atoms with E-state index < -0.39 is 5.60 Å². The Morgan fingerprint density at radius 1 is 0.862 bits per heavy atom. The maximum atomic E-state index is 12.1. The Bertz CT molecular complexity index is 808. The largest absolute Gasteiger partial charge is 0.394 e. The number of rotatable bonds is 8. The van der Waals surface area contributed by atoms with Crippen LogP contribution in [0.5, 0.6) is 0 Å². The topological polar surface area (TPSA) is 38.7 Å². The van der Waals surface area contributed by atoms with Crippen molar-refractivity contribution in [1.29, 1.82) is 0 Å². The molecule has 2 rings (SSSR count). The third-order valence-corrected chi connectivity index (χ3v) is 4.91. The predicted molar refractivity (Wildman–Crippen MR) is 126 cm³/mol. The molecule has 0 radical (unpaired) electrons. The summed E-state index contributed by atoms with van der Waals surface area (Å²) in [5, 5.41) is 15.1. The molecule has 0 aliphatic heterocycles. The smallest absolute Gasteiger partial charge is 0.140 e. The van der Waals surface area contributed by atoms with Crippen molar-refractivity contribution < 1.29 is 5.11 Å². The maximum absolute atomic E-state index is 12.1. The van der Waals surface area contributed by atoms with Gasteiger partial charge in [-0.05, 0) is 60.2 Å². The van der Waals surface area contributed by atoms with E-state index in [1.165, 1.54) is 0 Å². The van der Waals surface area contributed by atoms with Crippen LogP contribution in [0.1, 0.15) is 18.1 Å². The molecule has 0 aliphatic rings. The van der Waals surface area contributed by atoms with Gasteiger partial charge >= 0.3 is 0 Å². The van der Waals surface area contributed by atoms with E-state index in [2.05, 4.69) is 5.32 Å². The summed E-state index contributed by atoms with van der Waals surface area (Å²) in [5.41, 5.74) is 3.34. The standard InChI is InChI=1S/C25H33N3O/c1-7-9-20(10-8-19-26-2)25(29,21-11-15-23(16-12-21)27(3)4)22-13-17-24(18-14-22)28(5)6/h7-19,26,29H,1-6H3/b9-7-,19-8+,20-10+. The number of allylic oxidation sites excluding steroid dienone is 3. The molecule has 0 atom stereocenters. The first-order valence-electron chi connectivity index (χ1n) is 9.80. The minimum atomic E-state index is -1.28. The molecular weight excluding hydrogens is 358 g/mol. The van der Waals surface area contributed by atoms with Crippen LogP contribution in [0.2, 0.25) is 0 Å². The van der Waals surface area contributed by atoms with Crippen molar-refractivity contribution in [2.24, 2.45) is 0 Å². The molecule has 2 aromatic rings. The van der Waals surface area contributed by atoms with Crippen LogP contribution in [-0.4, -0.2) is 40.3 Å². The molecule has 2 aromatic carbocycles. The molecule has 29 heavy (non-hydrogen) atoms. The molecule has 0 heterocycles. The van der Waals surface area contributed by atoms with E-state index in [9.17, 15) is 5.11 Å². The highest BCUT2D eigenvalue weighted by Gasteiger charge is 2.34. The lowest BCUT2D eigenvalue weighted by molar-refractivity contribution is 0.125. The number of benzene rings is 2. The number of aliphatic hydroxyl groups is 1. The highest BCUT2D eigenvalue weighted by molar-refractivity contribution is 5.56. The quantitative estimate of drug-likeness (QED) is 0.659. The number of hydrogen-bond acceptors (Lipinski definition) is 4. The van der Waals surface area contributed by atoms with Crippen molar-refractivity contribution >= 4 is 11.4 Å². The fraction of sp³-hybridized carbons (Fsp3) is 0.280. The molecule has 0 saturated heterocycles. The molecule has 0 bridgehead atoms. The summed E-state index contributed by atoms with van der Waals surface area (Å²) in [6.45, 7) is 1.96. The van der Waals surface area contributed by atoms with Gasteiger partial charge in [0.25, 0.3) is 0 Å². The Kier molecular flexibility index (Phi) is 7.68. The SMILES string of the molecule is C\C=C/C(=C\C=C\NC)C(O)(c1ccc(N(C)C)cc1)c1ccc(N(C)C)cc1. The number of nitrogens with one attached hydrogen (secondary N) is 1. The lowest BCUT2D eigenvalue weighted by atomic mass is 9.79. The van der Waals surface area contributed by atoms with Crippen LogP contribution in [0.3, 0.4) is 0 Å². The third-order valence-electron chi connectivity index (χ3n) is 4.91. The molecule has 4 nitrogen and oxygen atoms in total. The predicted octanol–water partition coefficient (Wildman–Crippen LogP) is 4.29. The first-order chi connectivity index (χ1) is 13.8. The average Bonchev–Trinajstić information content (AvgIpc) is 2.73. The summed E-state index contributed by atoms with van der Waals surface area (Å²) < 4.78 is 0. The molecule has 0 unspecified atom stereocenters. The molecule has 0 saturated carbocycles. The van der Waals surface area contributed by atoms with E-state index in [1.807, 2.05) is 131 Å². The zero-order valence-electron chi connectivity index (χ0n) is 18.3. The zero-order valence-corrected chi connectivity index (χ0v) is 18.3.